The van der Waals surface area contributed by atoms with Crippen LogP contribution in [0.25, 0.3) is 11.3 Å². The average Bonchev–Trinajstić information content (AvgIpc) is 2.53. The van der Waals surface area contributed by atoms with Crippen molar-refractivity contribution in [3.63, 3.8) is 0 Å². The minimum absolute atomic E-state index is 0.224. The van der Waals surface area contributed by atoms with Gasteiger partial charge in [-0.15, -0.1) is 11.3 Å². The van der Waals surface area contributed by atoms with Gasteiger partial charge in [0.25, 0.3) is 0 Å². The van der Waals surface area contributed by atoms with Gasteiger partial charge in [0.2, 0.25) is 0 Å². The van der Waals surface area contributed by atoms with E-state index in [-0.39, 0.29) is 5.82 Å². The first kappa shape index (κ1) is 8.84. The molecular formula is C9H5BrFNS. The Kier molecular flexibility index (Phi) is 2.42. The van der Waals surface area contributed by atoms with Crippen LogP contribution in [-0.2, 0) is 0 Å². The predicted molar refractivity (Wildman–Crippen MR) is 55.2 cm³/mol. The van der Waals surface area contributed by atoms with Gasteiger partial charge >= 0.3 is 0 Å². The van der Waals surface area contributed by atoms with Gasteiger partial charge < -0.3 is 0 Å². The van der Waals surface area contributed by atoms with E-state index in [2.05, 4.69) is 20.9 Å². The van der Waals surface area contributed by atoms with Crippen LogP contribution in [0.2, 0.25) is 0 Å². The molecule has 1 aromatic carbocycles. The summed E-state index contributed by atoms with van der Waals surface area (Å²) in [5.74, 6) is -0.224. The zero-order valence-electron chi connectivity index (χ0n) is 6.50. The second-order valence-corrected chi connectivity index (χ2v) is 4.63. The standard InChI is InChI=1S/C9H5BrFNS/c10-9-12-8(5-13-9)6-1-3-7(11)4-2-6/h1-5H. The molecule has 1 aromatic heterocycles. The summed E-state index contributed by atoms with van der Waals surface area (Å²) in [6, 6.07) is 6.30. The van der Waals surface area contributed by atoms with Crippen LogP contribution >= 0.6 is 27.3 Å². The van der Waals surface area contributed by atoms with Gasteiger partial charge in [-0.3, -0.25) is 0 Å². The molecule has 0 radical (unpaired) electrons. The zero-order chi connectivity index (χ0) is 9.26. The number of rotatable bonds is 1. The van der Waals surface area contributed by atoms with Gasteiger partial charge in [0, 0.05) is 10.9 Å². The van der Waals surface area contributed by atoms with Crippen LogP contribution in [0.5, 0.6) is 0 Å². The number of hydrogen-bond donors (Lipinski definition) is 0. The van der Waals surface area contributed by atoms with Crippen molar-refractivity contribution in [3.8, 4) is 11.3 Å². The van der Waals surface area contributed by atoms with E-state index in [4.69, 9.17) is 0 Å². The Morgan fingerprint density at radius 2 is 1.92 bits per heavy atom. The van der Waals surface area contributed by atoms with Crippen LogP contribution in [0, 0.1) is 5.82 Å². The van der Waals surface area contributed by atoms with Crippen LogP contribution in [0.4, 0.5) is 4.39 Å². The molecule has 0 aliphatic rings. The van der Waals surface area contributed by atoms with E-state index in [9.17, 15) is 4.39 Å². The summed E-state index contributed by atoms with van der Waals surface area (Å²) in [5.41, 5.74) is 1.81. The molecule has 0 N–H and O–H groups in total. The highest BCUT2D eigenvalue weighted by atomic mass is 79.9. The highest BCUT2D eigenvalue weighted by molar-refractivity contribution is 9.11. The highest BCUT2D eigenvalue weighted by Gasteiger charge is 2.01. The number of thiazole rings is 1. The topological polar surface area (TPSA) is 12.9 Å². The van der Waals surface area contributed by atoms with E-state index in [1.165, 1.54) is 23.5 Å². The van der Waals surface area contributed by atoms with Crippen molar-refractivity contribution < 1.29 is 4.39 Å². The van der Waals surface area contributed by atoms with E-state index in [0.29, 0.717) is 0 Å². The molecule has 2 rings (SSSR count). The molecule has 0 unspecified atom stereocenters. The van der Waals surface area contributed by atoms with Gasteiger partial charge in [0.1, 0.15) is 5.82 Å². The van der Waals surface area contributed by atoms with Crippen LogP contribution in [0.15, 0.2) is 33.6 Å². The molecule has 0 aliphatic carbocycles. The molecule has 0 saturated heterocycles. The minimum atomic E-state index is -0.224. The van der Waals surface area contributed by atoms with E-state index < -0.39 is 0 Å². The van der Waals surface area contributed by atoms with E-state index in [1.54, 1.807) is 12.1 Å². The van der Waals surface area contributed by atoms with Crippen molar-refractivity contribution >= 4 is 27.3 Å². The molecule has 0 amide bonds. The van der Waals surface area contributed by atoms with E-state index in [0.717, 1.165) is 15.2 Å². The molecule has 1 nitrogen and oxygen atoms in total. The van der Waals surface area contributed by atoms with Crippen molar-refractivity contribution in [2.75, 3.05) is 0 Å². The molecule has 13 heavy (non-hydrogen) atoms. The predicted octanol–water partition coefficient (Wildman–Crippen LogP) is 3.71. The fourth-order valence-corrected chi connectivity index (χ4v) is 2.03. The van der Waals surface area contributed by atoms with Crippen molar-refractivity contribution in [2.24, 2.45) is 0 Å². The third-order valence-corrected chi connectivity index (χ3v) is 2.98. The third-order valence-electron chi connectivity index (χ3n) is 1.62. The lowest BCUT2D eigenvalue weighted by Crippen LogP contribution is -1.77. The lowest BCUT2D eigenvalue weighted by Gasteiger charge is -1.94. The minimum Gasteiger partial charge on any atom is -0.229 e. The molecule has 0 fully saturated rings. The molecule has 4 heteroatoms. The number of halogens is 2. The van der Waals surface area contributed by atoms with Gasteiger partial charge in [0.15, 0.2) is 3.92 Å². The van der Waals surface area contributed by atoms with Crippen LogP contribution in [0.3, 0.4) is 0 Å². The summed E-state index contributed by atoms with van der Waals surface area (Å²) >= 11 is 4.79. The summed E-state index contributed by atoms with van der Waals surface area (Å²) in [6.07, 6.45) is 0. The highest BCUT2D eigenvalue weighted by Crippen LogP contribution is 2.24. The lowest BCUT2D eigenvalue weighted by atomic mass is 10.2. The van der Waals surface area contributed by atoms with Crippen LogP contribution in [0.1, 0.15) is 0 Å². The molecule has 0 spiro atoms. The fraction of sp³-hybridized carbons (Fsp3) is 0. The quantitative estimate of drug-likeness (QED) is 0.759. The molecular weight excluding hydrogens is 253 g/mol. The Balaban J connectivity index is 2.41. The Hall–Kier alpha value is -0.740. The van der Waals surface area contributed by atoms with Gasteiger partial charge in [0.05, 0.1) is 5.69 Å². The number of aromatic nitrogens is 1. The molecule has 66 valence electrons. The first-order valence-corrected chi connectivity index (χ1v) is 5.30. The fourth-order valence-electron chi connectivity index (χ4n) is 1.01. The first-order chi connectivity index (χ1) is 6.25. The third kappa shape index (κ3) is 1.95. The maximum absolute atomic E-state index is 12.6. The van der Waals surface area contributed by atoms with Crippen molar-refractivity contribution in [2.45, 2.75) is 0 Å². The second-order valence-electron chi connectivity index (χ2n) is 2.49. The first-order valence-electron chi connectivity index (χ1n) is 3.63. The Labute approximate surface area is 87.4 Å². The zero-order valence-corrected chi connectivity index (χ0v) is 8.90. The summed E-state index contributed by atoms with van der Waals surface area (Å²) in [4.78, 5) is 4.22. The summed E-state index contributed by atoms with van der Waals surface area (Å²) in [5, 5.41) is 1.93. The Morgan fingerprint density at radius 1 is 1.23 bits per heavy atom. The van der Waals surface area contributed by atoms with Crippen molar-refractivity contribution in [3.05, 3.63) is 39.4 Å². The second kappa shape index (κ2) is 3.55. The monoisotopic (exact) mass is 257 g/mol. The van der Waals surface area contributed by atoms with Gasteiger partial charge in [-0.2, -0.15) is 0 Å². The normalized spacial score (nSPS) is 10.3. The maximum atomic E-state index is 12.6. The molecule has 1 heterocycles. The smallest absolute Gasteiger partial charge is 0.159 e. The van der Waals surface area contributed by atoms with E-state index in [1.807, 2.05) is 5.38 Å². The summed E-state index contributed by atoms with van der Waals surface area (Å²) < 4.78 is 13.4. The van der Waals surface area contributed by atoms with Crippen LogP contribution in [-0.4, -0.2) is 4.98 Å². The maximum Gasteiger partial charge on any atom is 0.159 e. The van der Waals surface area contributed by atoms with Crippen molar-refractivity contribution in [1.82, 2.24) is 4.98 Å². The lowest BCUT2D eigenvalue weighted by molar-refractivity contribution is 0.628. The molecule has 2 aromatic rings. The van der Waals surface area contributed by atoms with Gasteiger partial charge in [-0.05, 0) is 40.2 Å². The van der Waals surface area contributed by atoms with E-state index >= 15 is 0 Å². The van der Waals surface area contributed by atoms with Gasteiger partial charge in [-0.25, -0.2) is 9.37 Å². The SMILES string of the molecule is Fc1ccc(-c2csc(Br)n2)cc1. The summed E-state index contributed by atoms with van der Waals surface area (Å²) in [6.45, 7) is 0. The molecule has 0 bridgehead atoms. The van der Waals surface area contributed by atoms with Gasteiger partial charge in [-0.1, -0.05) is 0 Å². The summed E-state index contributed by atoms with van der Waals surface area (Å²) in [7, 11) is 0. The number of benzene rings is 1. The largest absolute Gasteiger partial charge is 0.229 e. The molecule has 0 saturated carbocycles. The van der Waals surface area contributed by atoms with Crippen LogP contribution < -0.4 is 0 Å². The Bertz CT molecular complexity index is 410. The molecule has 0 aliphatic heterocycles. The number of nitrogens with zero attached hydrogens (tertiary/aromatic N) is 1. The average molecular weight is 258 g/mol. The van der Waals surface area contributed by atoms with Crippen molar-refractivity contribution in [1.29, 1.82) is 0 Å². The molecule has 0 atom stereocenters. The number of hydrogen-bond acceptors (Lipinski definition) is 2. The Morgan fingerprint density at radius 3 is 2.46 bits per heavy atom.